The molecule has 1 aliphatic heterocycles. The van der Waals surface area contributed by atoms with Crippen molar-refractivity contribution in [3.8, 4) is 12.3 Å². The third-order valence-electron chi connectivity index (χ3n) is 5.81. The highest BCUT2D eigenvalue weighted by Crippen LogP contribution is 2.26. The van der Waals surface area contributed by atoms with Crippen LogP contribution in [0.2, 0.25) is 0 Å². The molecule has 1 saturated heterocycles. The molecule has 1 aromatic heterocycles. The largest absolute Gasteiger partial charge is 0.463 e. The molecule has 2 N–H and O–H groups in total. The lowest BCUT2D eigenvalue weighted by molar-refractivity contribution is -0.159. The number of benzene rings is 2. The quantitative estimate of drug-likeness (QED) is 0.412. The highest BCUT2D eigenvalue weighted by Gasteiger charge is 2.34. The van der Waals surface area contributed by atoms with Gasteiger partial charge < -0.3 is 15.4 Å². The summed E-state index contributed by atoms with van der Waals surface area (Å²) in [5, 5.41) is 7.01. The molecule has 1 fully saturated rings. The molecule has 0 aliphatic carbocycles. The maximum atomic E-state index is 12.6. The van der Waals surface area contributed by atoms with E-state index >= 15 is 0 Å². The van der Waals surface area contributed by atoms with Gasteiger partial charge in [0.25, 0.3) is 0 Å². The van der Waals surface area contributed by atoms with Gasteiger partial charge in [-0.3, -0.25) is 14.5 Å². The van der Waals surface area contributed by atoms with E-state index in [-0.39, 0.29) is 24.0 Å². The number of nitrogens with one attached hydrogen (secondary N) is 2. The van der Waals surface area contributed by atoms with E-state index in [0.29, 0.717) is 37.5 Å². The number of anilines is 3. The molecule has 8 nitrogen and oxygen atoms in total. The fourth-order valence-corrected chi connectivity index (χ4v) is 3.86. The molecule has 4 rings (SSSR count). The molecule has 1 amide bonds. The number of esters is 1. The maximum absolute atomic E-state index is 12.6. The van der Waals surface area contributed by atoms with Crippen molar-refractivity contribution in [2.24, 2.45) is 0 Å². The molecule has 8 heteroatoms. The van der Waals surface area contributed by atoms with Crippen LogP contribution >= 0.6 is 0 Å². The smallest absolute Gasteiger partial charge is 0.320 e. The van der Waals surface area contributed by atoms with Crippen LogP contribution in [0.1, 0.15) is 32.3 Å². The fourth-order valence-electron chi connectivity index (χ4n) is 3.86. The van der Waals surface area contributed by atoms with Crippen molar-refractivity contribution in [2.45, 2.75) is 32.2 Å². The summed E-state index contributed by atoms with van der Waals surface area (Å²) in [4.78, 5) is 34.9. The molecule has 2 aromatic carbocycles. The molecule has 174 valence electrons. The van der Waals surface area contributed by atoms with E-state index in [1.165, 1.54) is 6.33 Å². The summed E-state index contributed by atoms with van der Waals surface area (Å²) in [5.41, 5.74) is 2.76. The topological polar surface area (TPSA) is 96.5 Å². The predicted octanol–water partition coefficient (Wildman–Crippen LogP) is 3.71. The molecule has 3 aromatic rings. The van der Waals surface area contributed by atoms with Crippen LogP contribution < -0.4 is 10.6 Å². The number of ether oxygens (including phenoxy) is 1. The number of carbonyl (C=O) groups is 2. The van der Waals surface area contributed by atoms with Crippen LogP contribution in [0.3, 0.4) is 0 Å². The molecule has 34 heavy (non-hydrogen) atoms. The van der Waals surface area contributed by atoms with Crippen molar-refractivity contribution >= 4 is 40.0 Å². The number of cyclic esters (lactones) is 1. The van der Waals surface area contributed by atoms with E-state index in [1.807, 2.05) is 56.3 Å². The van der Waals surface area contributed by atoms with Gasteiger partial charge in [0, 0.05) is 28.7 Å². The molecule has 0 atom stereocenters. The number of rotatable bonds is 7. The highest BCUT2D eigenvalue weighted by atomic mass is 16.5. The van der Waals surface area contributed by atoms with Crippen molar-refractivity contribution in [1.82, 2.24) is 14.9 Å². The third-order valence-corrected chi connectivity index (χ3v) is 5.81. The minimum Gasteiger partial charge on any atom is -0.463 e. The molecule has 0 bridgehead atoms. The Morgan fingerprint density at radius 3 is 2.88 bits per heavy atom. The second-order valence-electron chi connectivity index (χ2n) is 8.85. The number of aromatic nitrogens is 2. The number of nitrogens with zero attached hydrogens (tertiary/aromatic N) is 3. The van der Waals surface area contributed by atoms with Gasteiger partial charge in [0.2, 0.25) is 5.91 Å². The van der Waals surface area contributed by atoms with Crippen LogP contribution in [0, 0.1) is 12.3 Å². The van der Waals surface area contributed by atoms with Crippen molar-refractivity contribution < 1.29 is 14.3 Å². The number of carbonyl (C=O) groups excluding carboxylic acids is 2. The van der Waals surface area contributed by atoms with E-state index in [0.717, 1.165) is 22.2 Å². The molecule has 0 saturated carbocycles. The molecule has 1 aliphatic rings. The Morgan fingerprint density at radius 2 is 2.06 bits per heavy atom. The fraction of sp³-hybridized carbons (Fsp3) is 0.308. The van der Waals surface area contributed by atoms with Crippen LogP contribution in [0.4, 0.5) is 17.2 Å². The Bertz CT molecular complexity index is 1260. The van der Waals surface area contributed by atoms with Gasteiger partial charge in [-0.05, 0) is 63.2 Å². The van der Waals surface area contributed by atoms with Crippen LogP contribution in [-0.4, -0.2) is 52.0 Å². The molecule has 2 heterocycles. The zero-order valence-corrected chi connectivity index (χ0v) is 19.3. The lowest BCUT2D eigenvalue weighted by Gasteiger charge is -2.41. The van der Waals surface area contributed by atoms with Crippen LogP contribution in [0.5, 0.6) is 0 Å². The van der Waals surface area contributed by atoms with Gasteiger partial charge in [-0.15, -0.1) is 6.42 Å². The lowest BCUT2D eigenvalue weighted by atomic mass is 10.0. The summed E-state index contributed by atoms with van der Waals surface area (Å²) in [5.74, 6) is 2.92. The molecular formula is C26H27N5O3. The van der Waals surface area contributed by atoms with Crippen molar-refractivity contribution in [1.29, 1.82) is 0 Å². The molecular weight excluding hydrogens is 430 g/mol. The standard InChI is InChI=1S/C26H27N5O3/c1-4-18-7-5-8-19(13-18)30-25-21-14-20(10-11-22(21)27-17-28-25)29-23(32)9-6-12-31-15-24(33)34-16-26(31,2)3/h1,5,7-8,10-11,13-14,17H,6,9,12,15-16H2,2-3H3,(H,29,32)(H,27,28,30). The zero-order valence-electron chi connectivity index (χ0n) is 19.3. The van der Waals surface area contributed by atoms with Gasteiger partial charge in [0.05, 0.1) is 17.6 Å². The van der Waals surface area contributed by atoms with Gasteiger partial charge in [-0.25, -0.2) is 9.97 Å². The Hall–Kier alpha value is -3.96. The number of hydrogen-bond donors (Lipinski definition) is 2. The summed E-state index contributed by atoms with van der Waals surface area (Å²) in [6.45, 7) is 5.32. The van der Waals surface area contributed by atoms with E-state index in [9.17, 15) is 9.59 Å². The Morgan fingerprint density at radius 1 is 1.21 bits per heavy atom. The average molecular weight is 458 g/mol. The van der Waals surface area contributed by atoms with Crippen LogP contribution in [0.25, 0.3) is 10.9 Å². The SMILES string of the molecule is C#Cc1cccc(Nc2ncnc3ccc(NC(=O)CCCN4CC(=O)OCC4(C)C)cc23)c1. The highest BCUT2D eigenvalue weighted by molar-refractivity contribution is 5.97. The maximum Gasteiger partial charge on any atom is 0.320 e. The van der Waals surface area contributed by atoms with Crippen molar-refractivity contribution in [3.63, 3.8) is 0 Å². The van der Waals surface area contributed by atoms with E-state index < -0.39 is 0 Å². The predicted molar refractivity (Wildman–Crippen MR) is 132 cm³/mol. The second-order valence-corrected chi connectivity index (χ2v) is 8.85. The number of morpholine rings is 1. The zero-order chi connectivity index (χ0) is 24.1. The molecule has 0 radical (unpaired) electrons. The first-order valence-electron chi connectivity index (χ1n) is 11.1. The minimum atomic E-state index is -0.230. The Labute approximate surface area is 198 Å². The molecule has 0 unspecified atom stereocenters. The summed E-state index contributed by atoms with van der Waals surface area (Å²) in [7, 11) is 0. The first-order valence-corrected chi connectivity index (χ1v) is 11.1. The Balaban J connectivity index is 1.41. The number of amides is 1. The van der Waals surface area contributed by atoms with E-state index in [1.54, 1.807) is 0 Å². The van der Waals surface area contributed by atoms with Gasteiger partial charge in [-0.1, -0.05) is 12.0 Å². The molecule has 0 spiro atoms. The number of fused-ring (bicyclic) bond motifs is 1. The van der Waals surface area contributed by atoms with Crippen molar-refractivity contribution in [3.05, 3.63) is 54.4 Å². The minimum absolute atomic E-state index is 0.0928. The van der Waals surface area contributed by atoms with E-state index in [2.05, 4.69) is 31.4 Å². The number of hydrogen-bond acceptors (Lipinski definition) is 7. The second kappa shape index (κ2) is 9.89. The van der Waals surface area contributed by atoms with Gasteiger partial charge in [-0.2, -0.15) is 0 Å². The van der Waals surface area contributed by atoms with E-state index in [4.69, 9.17) is 11.2 Å². The lowest BCUT2D eigenvalue weighted by Crippen LogP contribution is -2.55. The van der Waals surface area contributed by atoms with Gasteiger partial charge in [0.1, 0.15) is 18.8 Å². The summed E-state index contributed by atoms with van der Waals surface area (Å²) < 4.78 is 5.14. The van der Waals surface area contributed by atoms with Crippen molar-refractivity contribution in [2.75, 3.05) is 30.3 Å². The summed E-state index contributed by atoms with van der Waals surface area (Å²) >= 11 is 0. The summed E-state index contributed by atoms with van der Waals surface area (Å²) in [6.07, 6.45) is 7.97. The normalized spacial score (nSPS) is 15.4. The third kappa shape index (κ3) is 5.50. The van der Waals surface area contributed by atoms with Gasteiger partial charge >= 0.3 is 5.97 Å². The van der Waals surface area contributed by atoms with Crippen LogP contribution in [-0.2, 0) is 14.3 Å². The van der Waals surface area contributed by atoms with Crippen LogP contribution in [0.15, 0.2) is 48.8 Å². The summed E-state index contributed by atoms with van der Waals surface area (Å²) in [6, 6.07) is 13.0. The monoisotopic (exact) mass is 457 g/mol. The first-order chi connectivity index (χ1) is 16.3. The van der Waals surface area contributed by atoms with Gasteiger partial charge in [0.15, 0.2) is 0 Å². The first kappa shape index (κ1) is 23.2. The average Bonchev–Trinajstić information content (AvgIpc) is 2.82. The Kier molecular flexibility index (Phi) is 6.75. The number of terminal acetylenes is 1.